The Labute approximate surface area is 171 Å². The predicted octanol–water partition coefficient (Wildman–Crippen LogP) is 3.33. The Morgan fingerprint density at radius 1 is 1.23 bits per heavy atom. The van der Waals surface area contributed by atoms with Crippen LogP contribution in [0.3, 0.4) is 0 Å². The Kier molecular flexibility index (Phi) is 5.16. The van der Waals surface area contributed by atoms with Crippen molar-refractivity contribution in [3.05, 3.63) is 48.2 Å². The molecule has 0 aliphatic carbocycles. The maximum atomic E-state index is 12.8. The average molecular weight is 434 g/mol. The monoisotopic (exact) mass is 434 g/mol. The van der Waals surface area contributed by atoms with E-state index >= 15 is 0 Å². The second-order valence-corrected chi connectivity index (χ2v) is 7.52. The van der Waals surface area contributed by atoms with Crippen LogP contribution in [0.25, 0.3) is 11.5 Å². The molecule has 1 aliphatic heterocycles. The Bertz CT molecular complexity index is 1100. The SMILES string of the molecule is O=C(C[C@H]1Sc2ccc(C(F)(F)F)cc2NC1=O)Nc1n[nH]c(-c2ccccn2)n1. The third-order valence-corrected chi connectivity index (χ3v) is 5.42. The van der Waals surface area contributed by atoms with Crippen molar-refractivity contribution >= 4 is 35.2 Å². The van der Waals surface area contributed by atoms with Crippen LogP contribution in [-0.2, 0) is 15.8 Å². The van der Waals surface area contributed by atoms with Crippen LogP contribution in [0.2, 0.25) is 0 Å². The minimum atomic E-state index is -4.51. The van der Waals surface area contributed by atoms with Crippen molar-refractivity contribution in [2.45, 2.75) is 22.7 Å². The van der Waals surface area contributed by atoms with Crippen molar-refractivity contribution < 1.29 is 22.8 Å². The van der Waals surface area contributed by atoms with E-state index in [-0.39, 0.29) is 18.1 Å². The third kappa shape index (κ3) is 4.27. The lowest BCUT2D eigenvalue weighted by Crippen LogP contribution is -2.32. The number of nitrogens with zero attached hydrogens (tertiary/aromatic N) is 3. The zero-order valence-electron chi connectivity index (χ0n) is 15.0. The number of pyridine rings is 1. The Hall–Kier alpha value is -3.41. The quantitative estimate of drug-likeness (QED) is 0.581. The van der Waals surface area contributed by atoms with Crippen LogP contribution in [0.5, 0.6) is 0 Å². The zero-order chi connectivity index (χ0) is 21.3. The first-order valence-electron chi connectivity index (χ1n) is 8.62. The summed E-state index contributed by atoms with van der Waals surface area (Å²) in [7, 11) is 0. The molecule has 0 radical (unpaired) electrons. The number of amides is 2. The summed E-state index contributed by atoms with van der Waals surface area (Å²) in [5, 5.41) is 10.7. The van der Waals surface area contributed by atoms with E-state index in [1.807, 2.05) is 0 Å². The number of rotatable bonds is 4. The van der Waals surface area contributed by atoms with E-state index in [9.17, 15) is 22.8 Å². The van der Waals surface area contributed by atoms with Crippen LogP contribution in [0.4, 0.5) is 24.8 Å². The van der Waals surface area contributed by atoms with Gasteiger partial charge in [-0.05, 0) is 30.3 Å². The van der Waals surface area contributed by atoms with Crippen LogP contribution in [-0.4, -0.2) is 37.2 Å². The lowest BCUT2D eigenvalue weighted by molar-refractivity contribution is -0.137. The number of benzene rings is 1. The molecular formula is C18H13F3N6O2S. The number of aromatic nitrogens is 4. The molecule has 3 aromatic rings. The summed E-state index contributed by atoms with van der Waals surface area (Å²) in [6, 6.07) is 8.34. The number of carbonyl (C=O) groups excluding carboxylic acids is 2. The van der Waals surface area contributed by atoms with Gasteiger partial charge < -0.3 is 5.32 Å². The molecule has 0 fully saturated rings. The van der Waals surface area contributed by atoms with Gasteiger partial charge in [-0.3, -0.25) is 25.0 Å². The number of anilines is 2. The van der Waals surface area contributed by atoms with Crippen LogP contribution < -0.4 is 10.6 Å². The maximum Gasteiger partial charge on any atom is 0.416 e. The second kappa shape index (κ2) is 7.78. The van der Waals surface area contributed by atoms with Gasteiger partial charge >= 0.3 is 6.18 Å². The summed E-state index contributed by atoms with van der Waals surface area (Å²) >= 11 is 1.03. The summed E-state index contributed by atoms with van der Waals surface area (Å²) < 4.78 is 38.5. The van der Waals surface area contributed by atoms with Crippen LogP contribution in [0, 0.1) is 0 Å². The predicted molar refractivity (Wildman–Crippen MR) is 103 cm³/mol. The first kappa shape index (κ1) is 19.9. The molecule has 8 nitrogen and oxygen atoms in total. The van der Waals surface area contributed by atoms with E-state index in [2.05, 4.69) is 30.8 Å². The van der Waals surface area contributed by atoms with Gasteiger partial charge in [0.05, 0.1) is 16.5 Å². The molecule has 30 heavy (non-hydrogen) atoms. The average Bonchev–Trinajstić information content (AvgIpc) is 3.16. The van der Waals surface area contributed by atoms with Crippen molar-refractivity contribution in [1.29, 1.82) is 0 Å². The number of halogens is 3. The molecule has 1 atom stereocenters. The number of hydrogen-bond donors (Lipinski definition) is 3. The number of carbonyl (C=O) groups is 2. The molecule has 2 aromatic heterocycles. The Balaban J connectivity index is 1.41. The molecule has 3 N–H and O–H groups in total. The molecule has 0 spiro atoms. The van der Waals surface area contributed by atoms with Crippen molar-refractivity contribution in [2.24, 2.45) is 0 Å². The van der Waals surface area contributed by atoms with Gasteiger partial charge in [0.15, 0.2) is 5.82 Å². The van der Waals surface area contributed by atoms with E-state index in [4.69, 9.17) is 0 Å². The second-order valence-electron chi connectivity index (χ2n) is 6.28. The van der Waals surface area contributed by atoms with Crippen LogP contribution in [0.15, 0.2) is 47.5 Å². The van der Waals surface area contributed by atoms with E-state index < -0.39 is 28.8 Å². The molecule has 1 aromatic carbocycles. The summed E-state index contributed by atoms with van der Waals surface area (Å²) in [6.07, 6.45) is -3.12. The Morgan fingerprint density at radius 3 is 2.80 bits per heavy atom. The van der Waals surface area contributed by atoms with E-state index in [1.165, 1.54) is 6.07 Å². The highest BCUT2D eigenvalue weighted by atomic mass is 32.2. The molecule has 2 amide bonds. The summed E-state index contributed by atoms with van der Waals surface area (Å²) in [5.74, 6) is -0.669. The maximum absolute atomic E-state index is 12.8. The van der Waals surface area contributed by atoms with Gasteiger partial charge in [0.1, 0.15) is 5.69 Å². The van der Waals surface area contributed by atoms with Crippen molar-refractivity contribution in [1.82, 2.24) is 20.2 Å². The largest absolute Gasteiger partial charge is 0.416 e. The Morgan fingerprint density at radius 2 is 2.07 bits per heavy atom. The molecule has 0 unspecified atom stereocenters. The van der Waals surface area contributed by atoms with Gasteiger partial charge in [0.25, 0.3) is 0 Å². The first-order valence-corrected chi connectivity index (χ1v) is 9.50. The third-order valence-electron chi connectivity index (χ3n) is 4.14. The summed E-state index contributed by atoms with van der Waals surface area (Å²) in [6.45, 7) is 0. The van der Waals surface area contributed by atoms with Crippen molar-refractivity contribution in [3.8, 4) is 11.5 Å². The lowest BCUT2D eigenvalue weighted by Gasteiger charge is -2.24. The van der Waals surface area contributed by atoms with Gasteiger partial charge in [-0.2, -0.15) is 18.2 Å². The van der Waals surface area contributed by atoms with Crippen molar-refractivity contribution in [3.63, 3.8) is 0 Å². The molecule has 12 heteroatoms. The first-order chi connectivity index (χ1) is 14.3. The van der Waals surface area contributed by atoms with E-state index in [0.717, 1.165) is 23.9 Å². The van der Waals surface area contributed by atoms with Gasteiger partial charge in [-0.1, -0.05) is 6.07 Å². The molecule has 0 saturated heterocycles. The zero-order valence-corrected chi connectivity index (χ0v) is 15.8. The smallest absolute Gasteiger partial charge is 0.324 e. The van der Waals surface area contributed by atoms with Crippen LogP contribution >= 0.6 is 11.8 Å². The molecule has 3 heterocycles. The highest BCUT2D eigenvalue weighted by Gasteiger charge is 2.34. The minimum absolute atomic E-state index is 0.0251. The molecule has 1 aliphatic rings. The van der Waals surface area contributed by atoms with Gasteiger partial charge in [-0.15, -0.1) is 16.9 Å². The molecular weight excluding hydrogens is 421 g/mol. The number of alkyl halides is 3. The molecule has 4 rings (SSSR count). The number of hydrogen-bond acceptors (Lipinski definition) is 6. The topological polar surface area (TPSA) is 113 Å². The van der Waals surface area contributed by atoms with Crippen molar-refractivity contribution in [2.75, 3.05) is 10.6 Å². The number of aromatic amines is 1. The fourth-order valence-electron chi connectivity index (χ4n) is 2.74. The lowest BCUT2D eigenvalue weighted by atomic mass is 10.1. The number of thioether (sulfide) groups is 1. The molecule has 154 valence electrons. The summed E-state index contributed by atoms with van der Waals surface area (Å²) in [4.78, 5) is 33.3. The fourth-order valence-corrected chi connectivity index (χ4v) is 3.83. The molecule has 0 bridgehead atoms. The highest BCUT2D eigenvalue weighted by molar-refractivity contribution is 8.01. The van der Waals surface area contributed by atoms with Gasteiger partial charge in [0, 0.05) is 17.5 Å². The number of nitrogens with one attached hydrogen (secondary N) is 3. The van der Waals surface area contributed by atoms with E-state index in [1.54, 1.807) is 24.4 Å². The highest BCUT2D eigenvalue weighted by Crippen LogP contribution is 2.40. The molecule has 0 saturated carbocycles. The normalized spacial score (nSPS) is 16.0. The van der Waals surface area contributed by atoms with Gasteiger partial charge in [0.2, 0.25) is 17.8 Å². The van der Waals surface area contributed by atoms with Crippen LogP contribution in [0.1, 0.15) is 12.0 Å². The van der Waals surface area contributed by atoms with E-state index in [0.29, 0.717) is 16.4 Å². The fraction of sp³-hybridized carbons (Fsp3) is 0.167. The number of H-pyrrole nitrogens is 1. The number of fused-ring (bicyclic) bond motifs is 1. The minimum Gasteiger partial charge on any atom is -0.324 e. The van der Waals surface area contributed by atoms with Gasteiger partial charge in [-0.25, -0.2) is 0 Å². The summed E-state index contributed by atoms with van der Waals surface area (Å²) in [5.41, 5.74) is -0.236. The standard InChI is InChI=1S/C18H13F3N6O2S/c19-18(20,21)9-4-5-12-11(7-9)23-16(29)13(30-12)8-14(28)24-17-25-15(26-27-17)10-3-1-2-6-22-10/h1-7,13H,8H2,(H,23,29)(H2,24,25,26,27,28)/t13-/m1/s1.